The molecule has 1 atom stereocenters. The van der Waals surface area contributed by atoms with Crippen LogP contribution in [0.3, 0.4) is 0 Å². The Bertz CT molecular complexity index is 1220. The summed E-state index contributed by atoms with van der Waals surface area (Å²) >= 11 is 2.98. The minimum absolute atomic E-state index is 0.140. The molecular formula is C24H23N5O2S2. The highest BCUT2D eigenvalue weighted by Gasteiger charge is 2.21. The van der Waals surface area contributed by atoms with Crippen molar-refractivity contribution in [3.63, 3.8) is 0 Å². The lowest BCUT2D eigenvalue weighted by Crippen LogP contribution is -2.23. The smallest absolute Gasteiger partial charge is 0.237 e. The Hall–Kier alpha value is -3.43. The molecular weight excluding hydrogens is 454 g/mol. The summed E-state index contributed by atoms with van der Waals surface area (Å²) in [6.07, 6.45) is 0. The van der Waals surface area contributed by atoms with E-state index in [1.165, 1.54) is 18.7 Å². The third kappa shape index (κ3) is 5.88. The van der Waals surface area contributed by atoms with Crippen LogP contribution in [0, 0.1) is 0 Å². The van der Waals surface area contributed by atoms with E-state index in [-0.39, 0.29) is 11.8 Å². The number of hydrogen-bond donors (Lipinski definition) is 2. The third-order valence-electron chi connectivity index (χ3n) is 4.77. The van der Waals surface area contributed by atoms with Gasteiger partial charge in [0.25, 0.3) is 0 Å². The van der Waals surface area contributed by atoms with Gasteiger partial charge in [-0.3, -0.25) is 14.2 Å². The summed E-state index contributed by atoms with van der Waals surface area (Å²) in [4.78, 5) is 25.0. The van der Waals surface area contributed by atoms with Crippen molar-refractivity contribution in [2.75, 3.05) is 10.6 Å². The Labute approximate surface area is 200 Å². The first kappa shape index (κ1) is 22.8. The fourth-order valence-electron chi connectivity index (χ4n) is 3.17. The lowest BCUT2D eigenvalue weighted by molar-refractivity contribution is -0.115. The van der Waals surface area contributed by atoms with E-state index in [1.807, 2.05) is 42.6 Å². The number of thioether (sulfide) groups is 1. The minimum Gasteiger partial charge on any atom is -0.326 e. The zero-order chi connectivity index (χ0) is 23.2. The van der Waals surface area contributed by atoms with Gasteiger partial charge in [-0.25, -0.2) is 0 Å². The Balaban J connectivity index is 1.49. The molecule has 2 heterocycles. The first-order valence-electron chi connectivity index (χ1n) is 10.4. The number of carbonyl (C=O) groups excluding carboxylic acids is 2. The second-order valence-corrected chi connectivity index (χ2v) is 9.62. The van der Waals surface area contributed by atoms with Crippen molar-refractivity contribution in [1.82, 2.24) is 14.8 Å². The number of anilines is 2. The maximum absolute atomic E-state index is 12.8. The molecule has 4 aromatic rings. The van der Waals surface area contributed by atoms with E-state index in [2.05, 4.69) is 37.5 Å². The highest BCUT2D eigenvalue weighted by Crippen LogP contribution is 2.30. The van der Waals surface area contributed by atoms with Crippen LogP contribution in [0.1, 0.15) is 19.4 Å². The van der Waals surface area contributed by atoms with Crippen LogP contribution in [-0.2, 0) is 16.1 Å². The van der Waals surface area contributed by atoms with Gasteiger partial charge in [-0.05, 0) is 48.2 Å². The molecule has 33 heavy (non-hydrogen) atoms. The number of rotatable bonds is 8. The average Bonchev–Trinajstić information content (AvgIpc) is 3.46. The van der Waals surface area contributed by atoms with Gasteiger partial charge < -0.3 is 10.6 Å². The van der Waals surface area contributed by atoms with Crippen LogP contribution < -0.4 is 10.6 Å². The summed E-state index contributed by atoms with van der Waals surface area (Å²) in [6.45, 7) is 3.91. The quantitative estimate of drug-likeness (QED) is 0.343. The van der Waals surface area contributed by atoms with E-state index in [0.717, 1.165) is 16.3 Å². The van der Waals surface area contributed by atoms with Crippen molar-refractivity contribution >= 4 is 46.3 Å². The zero-order valence-electron chi connectivity index (χ0n) is 18.2. The van der Waals surface area contributed by atoms with E-state index < -0.39 is 5.25 Å². The molecule has 0 radical (unpaired) electrons. The second-order valence-electron chi connectivity index (χ2n) is 7.36. The molecule has 0 aliphatic rings. The summed E-state index contributed by atoms with van der Waals surface area (Å²) < 4.78 is 2.05. The number of nitrogens with one attached hydrogen (secondary N) is 2. The van der Waals surface area contributed by atoms with Crippen molar-refractivity contribution < 1.29 is 9.59 Å². The Kier molecular flexibility index (Phi) is 7.21. The van der Waals surface area contributed by atoms with Gasteiger partial charge in [-0.15, -0.1) is 21.5 Å². The summed E-state index contributed by atoms with van der Waals surface area (Å²) in [5.41, 5.74) is 2.47. The number of thiophene rings is 1. The highest BCUT2D eigenvalue weighted by molar-refractivity contribution is 8.00. The topological polar surface area (TPSA) is 88.9 Å². The third-order valence-corrected chi connectivity index (χ3v) is 6.71. The molecule has 2 aromatic carbocycles. The fourth-order valence-corrected chi connectivity index (χ4v) is 4.73. The van der Waals surface area contributed by atoms with E-state index in [4.69, 9.17) is 0 Å². The van der Waals surface area contributed by atoms with Gasteiger partial charge in [0.2, 0.25) is 11.8 Å². The first-order valence-corrected chi connectivity index (χ1v) is 12.1. The van der Waals surface area contributed by atoms with Gasteiger partial charge in [0.1, 0.15) is 0 Å². The van der Waals surface area contributed by atoms with Crippen molar-refractivity contribution in [3.8, 4) is 10.7 Å². The number of nitrogens with zero attached hydrogens (tertiary/aromatic N) is 3. The van der Waals surface area contributed by atoms with Crippen LogP contribution in [0.25, 0.3) is 10.7 Å². The normalized spacial score (nSPS) is 11.7. The molecule has 2 N–H and O–H groups in total. The fraction of sp³-hybridized carbons (Fsp3) is 0.167. The van der Waals surface area contributed by atoms with Crippen molar-refractivity contribution in [2.24, 2.45) is 0 Å². The lowest BCUT2D eigenvalue weighted by atomic mass is 10.2. The van der Waals surface area contributed by atoms with Gasteiger partial charge in [0, 0.05) is 18.3 Å². The zero-order valence-corrected chi connectivity index (χ0v) is 19.8. The van der Waals surface area contributed by atoms with Crippen LogP contribution in [0.2, 0.25) is 0 Å². The molecule has 0 aliphatic heterocycles. The predicted octanol–water partition coefficient (Wildman–Crippen LogP) is 5.13. The maximum atomic E-state index is 12.8. The standard InChI is InChI=1S/C24H23N5O2S2/c1-16(23(31)26-20-12-10-19(11-13-20)25-17(2)30)33-24-28-27-22(21-9-6-14-32-21)29(24)15-18-7-4-3-5-8-18/h3-14,16H,15H2,1-2H3,(H,25,30)(H,26,31). The van der Waals surface area contributed by atoms with Gasteiger partial charge in [-0.1, -0.05) is 48.2 Å². The average molecular weight is 478 g/mol. The van der Waals surface area contributed by atoms with E-state index in [1.54, 1.807) is 35.6 Å². The molecule has 2 aromatic heterocycles. The SMILES string of the molecule is CC(=O)Nc1ccc(NC(=O)C(C)Sc2nnc(-c3cccs3)n2Cc2ccccc2)cc1. The van der Waals surface area contributed by atoms with Crippen molar-refractivity contribution in [1.29, 1.82) is 0 Å². The molecule has 0 bridgehead atoms. The van der Waals surface area contributed by atoms with Crippen LogP contribution in [0.15, 0.2) is 77.3 Å². The second kappa shape index (κ2) is 10.5. The number of hydrogen-bond acceptors (Lipinski definition) is 6. The largest absolute Gasteiger partial charge is 0.326 e. The molecule has 1 unspecified atom stereocenters. The van der Waals surface area contributed by atoms with Crippen LogP contribution in [0.5, 0.6) is 0 Å². The van der Waals surface area contributed by atoms with E-state index >= 15 is 0 Å². The molecule has 0 aliphatic carbocycles. The van der Waals surface area contributed by atoms with Gasteiger partial charge in [-0.2, -0.15) is 0 Å². The van der Waals surface area contributed by atoms with Gasteiger partial charge in [0.05, 0.1) is 16.7 Å². The minimum atomic E-state index is -0.394. The summed E-state index contributed by atoms with van der Waals surface area (Å²) in [5, 5.41) is 16.7. The van der Waals surface area contributed by atoms with Crippen LogP contribution >= 0.6 is 23.1 Å². The molecule has 0 saturated carbocycles. The summed E-state index contributed by atoms with van der Waals surface area (Å²) in [6, 6.07) is 21.1. The summed E-state index contributed by atoms with van der Waals surface area (Å²) in [7, 11) is 0. The lowest BCUT2D eigenvalue weighted by Gasteiger charge is -2.14. The molecule has 9 heteroatoms. The molecule has 168 valence electrons. The van der Waals surface area contributed by atoms with E-state index in [9.17, 15) is 9.59 Å². The molecule has 4 rings (SSSR count). The first-order chi connectivity index (χ1) is 16.0. The van der Waals surface area contributed by atoms with Crippen LogP contribution in [0.4, 0.5) is 11.4 Å². The summed E-state index contributed by atoms with van der Waals surface area (Å²) in [5.74, 6) is 0.509. The molecule has 0 spiro atoms. The number of carbonyl (C=O) groups is 2. The highest BCUT2D eigenvalue weighted by atomic mass is 32.2. The molecule has 7 nitrogen and oxygen atoms in total. The van der Waals surface area contributed by atoms with Gasteiger partial charge >= 0.3 is 0 Å². The van der Waals surface area contributed by atoms with E-state index in [0.29, 0.717) is 23.1 Å². The van der Waals surface area contributed by atoms with Crippen molar-refractivity contribution in [2.45, 2.75) is 30.8 Å². The Morgan fingerprint density at radius 1 is 0.970 bits per heavy atom. The molecule has 0 saturated heterocycles. The molecule has 2 amide bonds. The molecule has 0 fully saturated rings. The Morgan fingerprint density at radius 3 is 2.30 bits per heavy atom. The number of benzene rings is 2. The monoisotopic (exact) mass is 477 g/mol. The number of amides is 2. The predicted molar refractivity (Wildman–Crippen MR) is 134 cm³/mol. The van der Waals surface area contributed by atoms with Crippen LogP contribution in [-0.4, -0.2) is 31.8 Å². The van der Waals surface area contributed by atoms with Crippen molar-refractivity contribution in [3.05, 3.63) is 77.7 Å². The maximum Gasteiger partial charge on any atom is 0.237 e. The Morgan fingerprint density at radius 2 is 1.67 bits per heavy atom. The number of aromatic nitrogens is 3. The van der Waals surface area contributed by atoms with Gasteiger partial charge in [0.15, 0.2) is 11.0 Å².